The van der Waals surface area contributed by atoms with E-state index in [1.807, 2.05) is 62.4 Å². The van der Waals surface area contributed by atoms with Crippen LogP contribution in [0.4, 0.5) is 5.69 Å². The van der Waals surface area contributed by atoms with E-state index in [0.29, 0.717) is 5.69 Å². The summed E-state index contributed by atoms with van der Waals surface area (Å²) in [7, 11) is 0. The number of esters is 1. The topological polar surface area (TPSA) is 84.5 Å². The van der Waals surface area contributed by atoms with Crippen LogP contribution >= 0.6 is 0 Å². The first kappa shape index (κ1) is 21.2. The molecule has 0 fully saturated rings. The average molecular weight is 382 g/mol. The van der Waals surface area contributed by atoms with Crippen molar-refractivity contribution in [3.05, 3.63) is 65.2 Å². The molecule has 0 saturated carbocycles. The molecule has 0 aliphatic carbocycles. The Kier molecular flexibility index (Phi) is 7.75. The molecule has 0 radical (unpaired) electrons. The van der Waals surface area contributed by atoms with Gasteiger partial charge in [0.05, 0.1) is 12.8 Å². The summed E-state index contributed by atoms with van der Waals surface area (Å²) in [4.78, 5) is 36.0. The number of aryl methyl sites for hydroxylation is 2. The maximum absolute atomic E-state index is 12.2. The molecule has 148 valence electrons. The van der Waals surface area contributed by atoms with Crippen molar-refractivity contribution in [2.24, 2.45) is 0 Å². The quantitative estimate of drug-likeness (QED) is 0.688. The first-order valence-electron chi connectivity index (χ1n) is 9.23. The van der Waals surface area contributed by atoms with Crippen molar-refractivity contribution in [3.8, 4) is 0 Å². The Bertz CT molecular complexity index is 834. The zero-order valence-corrected chi connectivity index (χ0v) is 16.5. The van der Waals surface area contributed by atoms with Gasteiger partial charge in [-0.05, 0) is 38.0 Å². The third-order valence-corrected chi connectivity index (χ3v) is 4.18. The van der Waals surface area contributed by atoms with Crippen LogP contribution in [0.25, 0.3) is 0 Å². The van der Waals surface area contributed by atoms with Crippen molar-refractivity contribution in [3.63, 3.8) is 0 Å². The molecule has 2 N–H and O–H groups in total. The van der Waals surface area contributed by atoms with Gasteiger partial charge in [0.15, 0.2) is 6.10 Å². The summed E-state index contributed by atoms with van der Waals surface area (Å²) < 4.78 is 5.15. The second kappa shape index (κ2) is 10.3. The second-order valence-corrected chi connectivity index (χ2v) is 6.70. The molecule has 6 heteroatoms. The molecule has 2 rings (SSSR count). The van der Waals surface area contributed by atoms with E-state index < -0.39 is 18.0 Å². The summed E-state index contributed by atoms with van der Waals surface area (Å²) in [6.07, 6.45) is -0.667. The largest absolute Gasteiger partial charge is 0.452 e. The highest BCUT2D eigenvalue weighted by Gasteiger charge is 2.18. The second-order valence-electron chi connectivity index (χ2n) is 6.70. The van der Waals surface area contributed by atoms with Gasteiger partial charge in [-0.3, -0.25) is 14.4 Å². The minimum absolute atomic E-state index is 0.00170. The van der Waals surface area contributed by atoms with Gasteiger partial charge < -0.3 is 15.4 Å². The predicted octanol–water partition coefficient (Wildman–Crippen LogP) is 2.92. The number of hydrogen-bond acceptors (Lipinski definition) is 4. The van der Waals surface area contributed by atoms with Crippen LogP contribution in [0.15, 0.2) is 48.5 Å². The lowest BCUT2D eigenvalue weighted by Gasteiger charge is -2.15. The standard InChI is InChI=1S/C22H26N2O4/c1-15-9-10-19(16(2)13-15)24-22(27)17(3)28-21(26)11-12-23-20(25)14-18-7-5-4-6-8-18/h4-10,13,17H,11-12,14H2,1-3H3,(H,23,25)(H,24,27). The molecule has 0 aliphatic rings. The van der Waals surface area contributed by atoms with Crippen LogP contribution in [0.1, 0.15) is 30.0 Å². The summed E-state index contributed by atoms with van der Waals surface area (Å²) in [6.45, 7) is 5.56. The minimum Gasteiger partial charge on any atom is -0.452 e. The van der Waals surface area contributed by atoms with Gasteiger partial charge in [0.2, 0.25) is 5.91 Å². The first-order chi connectivity index (χ1) is 13.3. The maximum atomic E-state index is 12.2. The molecule has 6 nitrogen and oxygen atoms in total. The van der Waals surface area contributed by atoms with Crippen LogP contribution < -0.4 is 10.6 Å². The maximum Gasteiger partial charge on any atom is 0.308 e. The summed E-state index contributed by atoms with van der Waals surface area (Å²) >= 11 is 0. The van der Waals surface area contributed by atoms with E-state index in [1.165, 1.54) is 6.92 Å². The van der Waals surface area contributed by atoms with Crippen molar-refractivity contribution in [1.29, 1.82) is 0 Å². The lowest BCUT2D eigenvalue weighted by atomic mass is 10.1. The monoisotopic (exact) mass is 382 g/mol. The number of rotatable bonds is 8. The fourth-order valence-corrected chi connectivity index (χ4v) is 2.65. The van der Waals surface area contributed by atoms with Crippen molar-refractivity contribution in [2.45, 2.75) is 39.7 Å². The smallest absolute Gasteiger partial charge is 0.308 e. The van der Waals surface area contributed by atoms with Crippen LogP contribution in [0, 0.1) is 13.8 Å². The van der Waals surface area contributed by atoms with Crippen molar-refractivity contribution < 1.29 is 19.1 Å². The Morgan fingerprint density at radius 2 is 1.75 bits per heavy atom. The molecule has 0 saturated heterocycles. The Morgan fingerprint density at radius 3 is 2.43 bits per heavy atom. The number of anilines is 1. The van der Waals surface area contributed by atoms with Crippen molar-refractivity contribution >= 4 is 23.5 Å². The van der Waals surface area contributed by atoms with Crippen LogP contribution in [0.3, 0.4) is 0 Å². The summed E-state index contributed by atoms with van der Waals surface area (Å²) in [6, 6.07) is 15.0. The molecule has 2 aromatic carbocycles. The number of carbonyl (C=O) groups excluding carboxylic acids is 3. The predicted molar refractivity (Wildman–Crippen MR) is 108 cm³/mol. The zero-order valence-electron chi connectivity index (χ0n) is 16.5. The molecule has 1 unspecified atom stereocenters. The molecule has 0 spiro atoms. The average Bonchev–Trinajstić information content (AvgIpc) is 2.64. The molecule has 28 heavy (non-hydrogen) atoms. The zero-order chi connectivity index (χ0) is 20.5. The van der Waals surface area contributed by atoms with Gasteiger partial charge in [0, 0.05) is 12.2 Å². The van der Waals surface area contributed by atoms with E-state index in [0.717, 1.165) is 16.7 Å². The lowest BCUT2D eigenvalue weighted by molar-refractivity contribution is -0.153. The molecular weight excluding hydrogens is 356 g/mol. The SMILES string of the molecule is Cc1ccc(NC(=O)C(C)OC(=O)CCNC(=O)Cc2ccccc2)c(C)c1. The van der Waals surface area contributed by atoms with E-state index in [-0.39, 0.29) is 25.3 Å². The van der Waals surface area contributed by atoms with Gasteiger partial charge in [-0.15, -0.1) is 0 Å². The first-order valence-corrected chi connectivity index (χ1v) is 9.23. The molecule has 0 aliphatic heterocycles. The van der Waals surface area contributed by atoms with Crippen LogP contribution in [0.2, 0.25) is 0 Å². The van der Waals surface area contributed by atoms with E-state index in [2.05, 4.69) is 10.6 Å². The number of benzene rings is 2. The van der Waals surface area contributed by atoms with E-state index in [9.17, 15) is 14.4 Å². The van der Waals surface area contributed by atoms with Crippen LogP contribution in [-0.2, 0) is 25.5 Å². The molecule has 0 bridgehead atoms. The van der Waals surface area contributed by atoms with E-state index in [1.54, 1.807) is 0 Å². The number of hydrogen-bond donors (Lipinski definition) is 2. The fraction of sp³-hybridized carbons (Fsp3) is 0.318. The molecule has 1 atom stereocenters. The Hall–Kier alpha value is -3.15. The Labute approximate surface area is 165 Å². The van der Waals surface area contributed by atoms with Crippen LogP contribution in [0.5, 0.6) is 0 Å². The lowest BCUT2D eigenvalue weighted by Crippen LogP contribution is -2.32. The van der Waals surface area contributed by atoms with Crippen molar-refractivity contribution in [1.82, 2.24) is 5.32 Å². The minimum atomic E-state index is -0.923. The van der Waals surface area contributed by atoms with Gasteiger partial charge in [-0.1, -0.05) is 48.0 Å². The number of ether oxygens (including phenoxy) is 1. The highest BCUT2D eigenvalue weighted by molar-refractivity contribution is 5.95. The highest BCUT2D eigenvalue weighted by atomic mass is 16.5. The third-order valence-electron chi connectivity index (χ3n) is 4.18. The molecule has 0 aromatic heterocycles. The molecular formula is C22H26N2O4. The van der Waals surface area contributed by atoms with Crippen molar-refractivity contribution in [2.75, 3.05) is 11.9 Å². The van der Waals surface area contributed by atoms with Crippen LogP contribution in [-0.4, -0.2) is 30.4 Å². The Balaban J connectivity index is 1.71. The summed E-state index contributed by atoms with van der Waals surface area (Å²) in [5, 5.41) is 5.44. The summed E-state index contributed by atoms with van der Waals surface area (Å²) in [5.41, 5.74) is 3.63. The number of amides is 2. The van der Waals surface area contributed by atoms with Gasteiger partial charge in [0.1, 0.15) is 0 Å². The molecule has 2 aromatic rings. The Morgan fingerprint density at radius 1 is 1.04 bits per heavy atom. The highest BCUT2D eigenvalue weighted by Crippen LogP contribution is 2.16. The molecule has 0 heterocycles. The van der Waals surface area contributed by atoms with Gasteiger partial charge in [0.25, 0.3) is 5.91 Å². The van der Waals surface area contributed by atoms with Gasteiger partial charge in [-0.2, -0.15) is 0 Å². The fourth-order valence-electron chi connectivity index (χ4n) is 2.65. The van der Waals surface area contributed by atoms with Gasteiger partial charge in [-0.25, -0.2) is 0 Å². The summed E-state index contributed by atoms with van der Waals surface area (Å²) in [5.74, 6) is -1.10. The third kappa shape index (κ3) is 6.87. The van der Waals surface area contributed by atoms with E-state index >= 15 is 0 Å². The van der Waals surface area contributed by atoms with Gasteiger partial charge >= 0.3 is 5.97 Å². The van der Waals surface area contributed by atoms with E-state index in [4.69, 9.17) is 4.74 Å². The number of nitrogens with one attached hydrogen (secondary N) is 2. The number of carbonyl (C=O) groups is 3. The normalized spacial score (nSPS) is 11.4. The molecule has 2 amide bonds.